The van der Waals surface area contributed by atoms with Crippen LogP contribution in [0.3, 0.4) is 0 Å². The zero-order valence-electron chi connectivity index (χ0n) is 21.4. The smallest absolute Gasteiger partial charge is 0.231 e. The number of halogens is 1. The highest BCUT2D eigenvalue weighted by molar-refractivity contribution is 5.84. The lowest BCUT2D eigenvalue weighted by Crippen LogP contribution is -2.09. The molecular formula is C26H34FN7O2. The van der Waals surface area contributed by atoms with Crippen LogP contribution in [0.2, 0.25) is 0 Å². The number of nitriles is 1. The zero-order chi connectivity index (χ0) is 26.7. The van der Waals surface area contributed by atoms with E-state index in [0.29, 0.717) is 16.9 Å². The summed E-state index contributed by atoms with van der Waals surface area (Å²) in [4.78, 5) is 28.7. The number of rotatable bonds is 5. The Morgan fingerprint density at radius 1 is 1.19 bits per heavy atom. The number of nitrogens with zero attached hydrogens (tertiary/aromatic N) is 6. The molecule has 192 valence electrons. The molecular weight excluding hydrogens is 461 g/mol. The molecule has 1 aliphatic rings. The molecule has 1 saturated carbocycles. The van der Waals surface area contributed by atoms with Gasteiger partial charge in [-0.2, -0.15) is 5.26 Å². The molecule has 0 radical (unpaired) electrons. The van der Waals surface area contributed by atoms with Crippen LogP contribution < -0.4 is 10.7 Å². The van der Waals surface area contributed by atoms with Gasteiger partial charge in [-0.15, -0.1) is 4.91 Å². The lowest BCUT2D eigenvalue weighted by atomic mass is 10.0. The highest BCUT2D eigenvalue weighted by atomic mass is 19.1. The van der Waals surface area contributed by atoms with Gasteiger partial charge in [0.25, 0.3) is 0 Å². The molecule has 1 fully saturated rings. The SMILES string of the molecule is C1CCCCC1.Cc1cnc(N(C)N=O)cc1-c1cc(F)c2ncn(C(C)C)c2c1.N#CCC(N)=O. The summed E-state index contributed by atoms with van der Waals surface area (Å²) in [5, 5.41) is 11.7. The van der Waals surface area contributed by atoms with E-state index in [-0.39, 0.29) is 18.3 Å². The van der Waals surface area contributed by atoms with Gasteiger partial charge in [-0.1, -0.05) is 38.5 Å². The molecule has 0 aliphatic heterocycles. The van der Waals surface area contributed by atoms with E-state index in [4.69, 9.17) is 5.26 Å². The van der Waals surface area contributed by atoms with Gasteiger partial charge in [-0.05, 0) is 55.7 Å². The Bertz CT molecular complexity index is 1200. The fourth-order valence-electron chi connectivity index (χ4n) is 3.84. The summed E-state index contributed by atoms with van der Waals surface area (Å²) in [5.74, 6) is -0.539. The number of benzene rings is 1. The fourth-order valence-corrected chi connectivity index (χ4v) is 3.84. The Morgan fingerprint density at radius 3 is 2.28 bits per heavy atom. The molecule has 0 unspecified atom stereocenters. The number of nitroso groups, excluding NO2 is 1. The Labute approximate surface area is 211 Å². The molecule has 10 heteroatoms. The number of pyridine rings is 1. The largest absolute Gasteiger partial charge is 0.369 e. The second-order valence-electron chi connectivity index (χ2n) is 8.96. The number of nitrogens with two attached hydrogens (primary N) is 1. The van der Waals surface area contributed by atoms with E-state index in [0.717, 1.165) is 21.7 Å². The average molecular weight is 496 g/mol. The molecule has 9 nitrogen and oxygen atoms in total. The quantitative estimate of drug-likeness (QED) is 0.343. The van der Waals surface area contributed by atoms with Gasteiger partial charge in [0, 0.05) is 19.3 Å². The van der Waals surface area contributed by atoms with Crippen LogP contribution in [0.5, 0.6) is 0 Å². The molecule has 0 atom stereocenters. The summed E-state index contributed by atoms with van der Waals surface area (Å²) >= 11 is 0. The third-order valence-corrected chi connectivity index (χ3v) is 5.80. The van der Waals surface area contributed by atoms with Crippen molar-refractivity contribution >= 4 is 22.8 Å². The van der Waals surface area contributed by atoms with Gasteiger partial charge in [0.15, 0.2) is 11.6 Å². The van der Waals surface area contributed by atoms with Crippen LogP contribution in [0.1, 0.15) is 70.4 Å². The van der Waals surface area contributed by atoms with Gasteiger partial charge in [0.05, 0.1) is 23.2 Å². The van der Waals surface area contributed by atoms with Gasteiger partial charge in [0.2, 0.25) is 5.91 Å². The summed E-state index contributed by atoms with van der Waals surface area (Å²) in [6.45, 7) is 5.93. The third-order valence-electron chi connectivity index (χ3n) is 5.80. The summed E-state index contributed by atoms with van der Waals surface area (Å²) in [6, 6.07) is 6.86. The number of primary amides is 1. The number of carbonyl (C=O) groups excluding carboxylic acids is 1. The monoisotopic (exact) mass is 495 g/mol. The second-order valence-corrected chi connectivity index (χ2v) is 8.96. The van der Waals surface area contributed by atoms with Crippen molar-refractivity contribution in [2.24, 2.45) is 11.0 Å². The molecule has 36 heavy (non-hydrogen) atoms. The van der Waals surface area contributed by atoms with Crippen LogP contribution in [0.25, 0.3) is 22.2 Å². The maximum Gasteiger partial charge on any atom is 0.231 e. The summed E-state index contributed by atoms with van der Waals surface area (Å²) < 4.78 is 16.4. The maximum absolute atomic E-state index is 14.5. The summed E-state index contributed by atoms with van der Waals surface area (Å²) in [6.07, 6.45) is 12.1. The Kier molecular flexibility index (Phi) is 10.9. The van der Waals surface area contributed by atoms with Crippen LogP contribution in [0, 0.1) is 29.0 Å². The Balaban J connectivity index is 0.000000312. The van der Waals surface area contributed by atoms with Gasteiger partial charge < -0.3 is 10.3 Å². The first kappa shape index (κ1) is 28.4. The fraction of sp³-hybridized carbons (Fsp3) is 0.462. The maximum atomic E-state index is 14.5. The molecule has 0 spiro atoms. The van der Waals surface area contributed by atoms with Crippen molar-refractivity contribution < 1.29 is 9.18 Å². The highest BCUT2D eigenvalue weighted by Crippen LogP contribution is 2.31. The van der Waals surface area contributed by atoms with Crippen LogP contribution in [0.15, 0.2) is 36.0 Å². The van der Waals surface area contributed by atoms with Crippen molar-refractivity contribution in [3.05, 3.63) is 47.0 Å². The first-order chi connectivity index (χ1) is 17.2. The number of fused-ring (bicyclic) bond motifs is 1. The molecule has 3 aromatic rings. The van der Waals surface area contributed by atoms with E-state index >= 15 is 0 Å². The first-order valence-electron chi connectivity index (χ1n) is 12.0. The summed E-state index contributed by atoms with van der Waals surface area (Å²) in [7, 11) is 1.52. The topological polar surface area (TPSA) is 130 Å². The van der Waals surface area contributed by atoms with E-state index in [9.17, 15) is 14.1 Å². The van der Waals surface area contributed by atoms with Gasteiger partial charge in [0.1, 0.15) is 11.9 Å². The number of hydrogen-bond donors (Lipinski definition) is 1. The van der Waals surface area contributed by atoms with Crippen molar-refractivity contribution in [3.63, 3.8) is 0 Å². The number of hydrogen-bond acceptors (Lipinski definition) is 6. The van der Waals surface area contributed by atoms with E-state index in [1.54, 1.807) is 24.7 Å². The third kappa shape index (κ3) is 7.83. The van der Waals surface area contributed by atoms with E-state index in [2.05, 4.69) is 21.0 Å². The van der Waals surface area contributed by atoms with Gasteiger partial charge in [-0.3, -0.25) is 4.79 Å². The standard InChI is InChI=1S/C17H18FN5O.C6H12.C3H4N2O/c1-10(2)23-9-20-17-14(18)5-12(6-15(17)23)13-7-16(22(4)21-24)19-8-11(13)3;1-2-4-6-5-3-1;4-2-1-3(5)6/h5-10H,1-4H3;1-6H2;1H2,(H2,5,6). The van der Waals surface area contributed by atoms with Crippen LogP contribution >= 0.6 is 0 Å². The molecule has 0 saturated heterocycles. The lowest BCUT2D eigenvalue weighted by Gasteiger charge is -2.13. The van der Waals surface area contributed by atoms with E-state index in [1.165, 1.54) is 51.6 Å². The van der Waals surface area contributed by atoms with E-state index < -0.39 is 5.91 Å². The zero-order valence-corrected chi connectivity index (χ0v) is 21.4. The predicted octanol–water partition coefficient (Wildman–Crippen LogP) is 5.97. The van der Waals surface area contributed by atoms with E-state index in [1.807, 2.05) is 31.4 Å². The molecule has 0 bridgehead atoms. The molecule has 1 aromatic carbocycles. The van der Waals surface area contributed by atoms with Crippen LogP contribution in [0.4, 0.5) is 10.2 Å². The minimum Gasteiger partial charge on any atom is -0.369 e. The minimum atomic E-state index is -0.572. The second kappa shape index (κ2) is 13.9. The first-order valence-corrected chi connectivity index (χ1v) is 12.0. The molecule has 4 rings (SSSR count). The predicted molar refractivity (Wildman–Crippen MR) is 139 cm³/mol. The highest BCUT2D eigenvalue weighted by Gasteiger charge is 2.15. The minimum absolute atomic E-state index is 0.171. The number of amides is 1. The Hall–Kier alpha value is -3.87. The molecule has 2 heterocycles. The molecule has 1 aliphatic carbocycles. The lowest BCUT2D eigenvalue weighted by molar-refractivity contribution is -0.117. The van der Waals surface area contributed by atoms with Crippen molar-refractivity contribution in [1.82, 2.24) is 14.5 Å². The average Bonchev–Trinajstić information content (AvgIpc) is 3.31. The molecule has 2 aromatic heterocycles. The van der Waals surface area contributed by atoms with Crippen molar-refractivity contribution in [1.29, 1.82) is 5.26 Å². The van der Waals surface area contributed by atoms with Crippen LogP contribution in [-0.2, 0) is 4.79 Å². The molecule has 2 N–H and O–H groups in total. The van der Waals surface area contributed by atoms with Crippen molar-refractivity contribution in [2.75, 3.05) is 12.1 Å². The van der Waals surface area contributed by atoms with Gasteiger partial charge in [-0.25, -0.2) is 19.4 Å². The Morgan fingerprint density at radius 2 is 1.81 bits per heavy atom. The molecule has 1 amide bonds. The van der Waals surface area contributed by atoms with Gasteiger partial charge >= 0.3 is 0 Å². The number of imidazole rings is 1. The normalized spacial score (nSPS) is 12.6. The van der Waals surface area contributed by atoms with Crippen LogP contribution in [-0.4, -0.2) is 27.5 Å². The summed E-state index contributed by atoms with van der Waals surface area (Å²) in [5.41, 5.74) is 8.02. The number of carbonyl (C=O) groups is 1. The van der Waals surface area contributed by atoms with Crippen molar-refractivity contribution in [2.45, 2.75) is 71.8 Å². The number of aryl methyl sites for hydroxylation is 1. The number of aromatic nitrogens is 3. The van der Waals surface area contributed by atoms with Crippen molar-refractivity contribution in [3.8, 4) is 17.2 Å². The number of anilines is 1.